The van der Waals surface area contributed by atoms with Crippen LogP contribution in [0.15, 0.2) is 94.7 Å². The molecule has 0 unspecified atom stereocenters. The SMILES string of the molecule is O=c1c(C=C2C=Nc3ccccc32)c(-c2ccccc2)[nH]n1-c1ccccc1. The number of aromatic amines is 1. The van der Waals surface area contributed by atoms with Crippen molar-refractivity contribution in [3.05, 3.63) is 106 Å². The molecule has 0 atom stereocenters. The van der Waals surface area contributed by atoms with Crippen LogP contribution in [0.5, 0.6) is 0 Å². The molecule has 1 aliphatic rings. The zero-order chi connectivity index (χ0) is 18.9. The summed E-state index contributed by atoms with van der Waals surface area (Å²) in [6.07, 6.45) is 3.74. The van der Waals surface area contributed by atoms with Gasteiger partial charge in [-0.2, -0.15) is 0 Å². The van der Waals surface area contributed by atoms with E-state index in [0.717, 1.165) is 33.8 Å². The molecule has 134 valence electrons. The summed E-state index contributed by atoms with van der Waals surface area (Å²) in [7, 11) is 0. The van der Waals surface area contributed by atoms with E-state index in [1.807, 2.05) is 97.2 Å². The van der Waals surface area contributed by atoms with Gasteiger partial charge >= 0.3 is 0 Å². The van der Waals surface area contributed by atoms with Crippen molar-refractivity contribution in [2.45, 2.75) is 0 Å². The third-order valence-electron chi connectivity index (χ3n) is 4.86. The third kappa shape index (κ3) is 2.72. The van der Waals surface area contributed by atoms with Crippen LogP contribution in [0, 0.1) is 0 Å². The predicted octanol–water partition coefficient (Wildman–Crippen LogP) is 5.09. The second-order valence-electron chi connectivity index (χ2n) is 6.62. The van der Waals surface area contributed by atoms with Crippen LogP contribution < -0.4 is 5.56 Å². The molecule has 4 aromatic rings. The molecule has 0 bridgehead atoms. The molecule has 5 rings (SSSR count). The first-order valence-electron chi connectivity index (χ1n) is 9.12. The van der Waals surface area contributed by atoms with Gasteiger partial charge < -0.3 is 0 Å². The maximum Gasteiger partial charge on any atom is 0.279 e. The highest BCUT2D eigenvalue weighted by molar-refractivity contribution is 6.21. The molecule has 1 aromatic heterocycles. The summed E-state index contributed by atoms with van der Waals surface area (Å²) in [4.78, 5) is 17.8. The number of rotatable bonds is 3. The minimum absolute atomic E-state index is 0.0877. The number of nitrogens with zero attached hydrogens (tertiary/aromatic N) is 2. The van der Waals surface area contributed by atoms with Crippen molar-refractivity contribution in [3.63, 3.8) is 0 Å². The Hall–Kier alpha value is -3.92. The van der Waals surface area contributed by atoms with E-state index in [0.29, 0.717) is 5.56 Å². The van der Waals surface area contributed by atoms with Crippen LogP contribution in [0.3, 0.4) is 0 Å². The van der Waals surface area contributed by atoms with E-state index in [4.69, 9.17) is 0 Å². The van der Waals surface area contributed by atoms with E-state index in [1.165, 1.54) is 0 Å². The van der Waals surface area contributed by atoms with E-state index in [-0.39, 0.29) is 5.56 Å². The third-order valence-corrected chi connectivity index (χ3v) is 4.86. The predicted molar refractivity (Wildman–Crippen MR) is 114 cm³/mol. The van der Waals surface area contributed by atoms with E-state index in [1.54, 1.807) is 4.68 Å². The average Bonchev–Trinajstić information content (AvgIpc) is 3.31. The van der Waals surface area contributed by atoms with Crippen LogP contribution >= 0.6 is 0 Å². The maximum absolute atomic E-state index is 13.3. The van der Waals surface area contributed by atoms with Crippen molar-refractivity contribution in [2.75, 3.05) is 0 Å². The zero-order valence-corrected chi connectivity index (χ0v) is 15.0. The summed E-state index contributed by atoms with van der Waals surface area (Å²) in [6, 6.07) is 27.5. The first kappa shape index (κ1) is 16.3. The molecule has 0 spiro atoms. The highest BCUT2D eigenvalue weighted by Crippen LogP contribution is 2.33. The number of aliphatic imine (C=N–C) groups is 1. The number of para-hydroxylation sites is 2. The Balaban J connectivity index is 1.73. The fourth-order valence-electron chi connectivity index (χ4n) is 3.48. The monoisotopic (exact) mass is 363 g/mol. The smallest absolute Gasteiger partial charge is 0.279 e. The molecule has 3 aromatic carbocycles. The number of nitrogens with one attached hydrogen (secondary N) is 1. The van der Waals surface area contributed by atoms with Gasteiger partial charge in [0.25, 0.3) is 5.56 Å². The average molecular weight is 363 g/mol. The van der Waals surface area contributed by atoms with E-state index in [9.17, 15) is 4.79 Å². The molecule has 4 heteroatoms. The number of hydrogen-bond acceptors (Lipinski definition) is 2. The second kappa shape index (κ2) is 6.67. The molecular formula is C24H17N3O. The summed E-state index contributed by atoms with van der Waals surface area (Å²) in [5, 5.41) is 3.30. The topological polar surface area (TPSA) is 50.1 Å². The van der Waals surface area contributed by atoms with Crippen LogP contribution in [0.25, 0.3) is 28.6 Å². The van der Waals surface area contributed by atoms with Gasteiger partial charge in [-0.3, -0.25) is 14.9 Å². The highest BCUT2D eigenvalue weighted by atomic mass is 16.1. The molecule has 0 saturated carbocycles. The Morgan fingerprint density at radius 2 is 1.50 bits per heavy atom. The summed E-state index contributed by atoms with van der Waals surface area (Å²) < 4.78 is 1.59. The number of hydrogen-bond donors (Lipinski definition) is 1. The van der Waals surface area contributed by atoms with E-state index in [2.05, 4.69) is 10.1 Å². The first-order chi connectivity index (χ1) is 13.8. The number of aromatic nitrogens is 2. The van der Waals surface area contributed by atoms with Crippen LogP contribution in [-0.2, 0) is 0 Å². The number of H-pyrrole nitrogens is 1. The number of benzene rings is 3. The normalized spacial score (nSPS) is 13.8. The Bertz CT molecular complexity index is 1260. The van der Waals surface area contributed by atoms with Crippen molar-refractivity contribution in [3.8, 4) is 16.9 Å². The van der Waals surface area contributed by atoms with Gasteiger partial charge in [-0.25, -0.2) is 4.68 Å². The highest BCUT2D eigenvalue weighted by Gasteiger charge is 2.18. The van der Waals surface area contributed by atoms with Crippen LogP contribution in [0.2, 0.25) is 0 Å². The Morgan fingerprint density at radius 3 is 2.29 bits per heavy atom. The Morgan fingerprint density at radius 1 is 0.821 bits per heavy atom. The van der Waals surface area contributed by atoms with Crippen molar-refractivity contribution in [2.24, 2.45) is 4.99 Å². The van der Waals surface area contributed by atoms with Gasteiger partial charge in [0.2, 0.25) is 0 Å². The summed E-state index contributed by atoms with van der Waals surface area (Å²) in [5.74, 6) is 0. The summed E-state index contributed by atoms with van der Waals surface area (Å²) in [5.41, 5.74) is 5.98. The molecule has 2 heterocycles. The molecule has 0 saturated heterocycles. The lowest BCUT2D eigenvalue weighted by atomic mass is 10.0. The molecule has 0 fully saturated rings. The Kier molecular flexibility index (Phi) is 3.87. The van der Waals surface area contributed by atoms with Crippen molar-refractivity contribution in [1.82, 2.24) is 9.78 Å². The largest absolute Gasteiger partial charge is 0.290 e. The molecule has 4 nitrogen and oxygen atoms in total. The minimum Gasteiger partial charge on any atom is -0.290 e. The van der Waals surface area contributed by atoms with Crippen LogP contribution in [0.1, 0.15) is 11.1 Å². The number of allylic oxidation sites excluding steroid dienone is 1. The van der Waals surface area contributed by atoms with Gasteiger partial charge in [0.1, 0.15) is 0 Å². The molecule has 28 heavy (non-hydrogen) atoms. The lowest BCUT2D eigenvalue weighted by molar-refractivity contribution is 0.852. The summed E-state index contributed by atoms with van der Waals surface area (Å²) in [6.45, 7) is 0. The lowest BCUT2D eigenvalue weighted by Gasteiger charge is -2.02. The maximum atomic E-state index is 13.3. The first-order valence-corrected chi connectivity index (χ1v) is 9.12. The van der Waals surface area contributed by atoms with Gasteiger partial charge in [-0.05, 0) is 24.3 Å². The lowest BCUT2D eigenvalue weighted by Crippen LogP contribution is -2.15. The van der Waals surface area contributed by atoms with Crippen LogP contribution in [0.4, 0.5) is 5.69 Å². The Labute approximate surface area is 162 Å². The van der Waals surface area contributed by atoms with Gasteiger partial charge in [0, 0.05) is 22.9 Å². The van der Waals surface area contributed by atoms with Crippen LogP contribution in [-0.4, -0.2) is 16.0 Å². The van der Waals surface area contributed by atoms with Gasteiger partial charge in [0.05, 0.1) is 22.6 Å². The minimum atomic E-state index is -0.0877. The standard InChI is InChI=1S/C24H17N3O/c28-24-21(15-18-16-25-22-14-8-7-13-20(18)22)23(17-9-3-1-4-10-17)26-27(24)19-11-5-2-6-12-19/h1-16,26H. The number of fused-ring (bicyclic) bond motifs is 1. The van der Waals surface area contributed by atoms with Gasteiger partial charge in [-0.15, -0.1) is 0 Å². The molecule has 0 aliphatic carbocycles. The van der Waals surface area contributed by atoms with Crippen molar-refractivity contribution < 1.29 is 0 Å². The molecular weight excluding hydrogens is 346 g/mol. The molecule has 0 amide bonds. The van der Waals surface area contributed by atoms with E-state index < -0.39 is 0 Å². The van der Waals surface area contributed by atoms with Gasteiger partial charge in [0.15, 0.2) is 0 Å². The fraction of sp³-hybridized carbons (Fsp3) is 0. The van der Waals surface area contributed by atoms with Gasteiger partial charge in [-0.1, -0.05) is 66.7 Å². The second-order valence-corrected chi connectivity index (χ2v) is 6.62. The molecule has 0 radical (unpaired) electrons. The van der Waals surface area contributed by atoms with Crippen molar-refractivity contribution >= 4 is 23.6 Å². The summed E-state index contributed by atoms with van der Waals surface area (Å²) >= 11 is 0. The quantitative estimate of drug-likeness (QED) is 0.542. The fourth-order valence-corrected chi connectivity index (χ4v) is 3.48. The zero-order valence-electron chi connectivity index (χ0n) is 15.0. The van der Waals surface area contributed by atoms with Crippen molar-refractivity contribution in [1.29, 1.82) is 0 Å². The molecule has 1 N–H and O–H groups in total. The van der Waals surface area contributed by atoms with E-state index >= 15 is 0 Å². The molecule has 1 aliphatic heterocycles.